The van der Waals surface area contributed by atoms with Gasteiger partial charge in [-0.15, -0.1) is 0 Å². The SMILES string of the molecule is COC(=O)C1=C(c2ccccc2)NC(=O)NC1c1cc(C(C)(C)C)c(O)c(C(C)(C)C)c1. The van der Waals surface area contributed by atoms with Crippen LogP contribution < -0.4 is 10.6 Å². The molecule has 1 heterocycles. The fourth-order valence-electron chi connectivity index (χ4n) is 3.94. The number of amides is 2. The van der Waals surface area contributed by atoms with Crippen molar-refractivity contribution in [3.63, 3.8) is 0 Å². The number of hydrogen-bond donors (Lipinski definition) is 3. The summed E-state index contributed by atoms with van der Waals surface area (Å²) in [5.41, 5.74) is 2.93. The first-order valence-corrected chi connectivity index (χ1v) is 10.7. The van der Waals surface area contributed by atoms with Gasteiger partial charge in [-0.2, -0.15) is 0 Å². The zero-order valence-corrected chi connectivity index (χ0v) is 19.8. The van der Waals surface area contributed by atoms with E-state index in [4.69, 9.17) is 4.74 Å². The lowest BCUT2D eigenvalue weighted by Gasteiger charge is -2.33. The van der Waals surface area contributed by atoms with Crippen LogP contribution in [-0.4, -0.2) is 24.2 Å². The fraction of sp³-hybridized carbons (Fsp3) is 0.385. The quantitative estimate of drug-likeness (QED) is 0.596. The van der Waals surface area contributed by atoms with E-state index in [0.717, 1.165) is 11.1 Å². The van der Waals surface area contributed by atoms with Crippen LogP contribution in [0.25, 0.3) is 5.70 Å². The van der Waals surface area contributed by atoms with Crippen LogP contribution in [0.5, 0.6) is 5.75 Å². The van der Waals surface area contributed by atoms with Gasteiger partial charge < -0.3 is 20.5 Å². The van der Waals surface area contributed by atoms with Crippen molar-refractivity contribution in [1.29, 1.82) is 0 Å². The Morgan fingerprint density at radius 3 is 1.97 bits per heavy atom. The number of methoxy groups -OCH3 is 1. The number of phenolic OH excluding ortho intramolecular Hbond substituents is 1. The van der Waals surface area contributed by atoms with Crippen molar-refractivity contribution < 1.29 is 19.4 Å². The smallest absolute Gasteiger partial charge is 0.338 e. The van der Waals surface area contributed by atoms with Crippen LogP contribution in [0.2, 0.25) is 0 Å². The maximum absolute atomic E-state index is 13.0. The van der Waals surface area contributed by atoms with Crippen LogP contribution in [-0.2, 0) is 20.4 Å². The Morgan fingerprint density at radius 2 is 1.50 bits per heavy atom. The van der Waals surface area contributed by atoms with Gasteiger partial charge in [-0.3, -0.25) is 0 Å². The van der Waals surface area contributed by atoms with Crippen molar-refractivity contribution in [2.45, 2.75) is 58.4 Å². The summed E-state index contributed by atoms with van der Waals surface area (Å²) in [5, 5.41) is 16.7. The molecule has 2 aromatic rings. The van der Waals surface area contributed by atoms with E-state index < -0.39 is 18.0 Å². The Kier molecular flexibility index (Phi) is 6.09. The summed E-state index contributed by atoms with van der Waals surface area (Å²) in [6, 6.07) is 11.8. The van der Waals surface area contributed by atoms with Crippen molar-refractivity contribution in [3.8, 4) is 5.75 Å². The molecule has 3 N–H and O–H groups in total. The second-order valence-corrected chi connectivity index (χ2v) is 10.1. The molecule has 0 aliphatic carbocycles. The van der Waals surface area contributed by atoms with Crippen LogP contribution in [0.3, 0.4) is 0 Å². The maximum atomic E-state index is 13.0. The van der Waals surface area contributed by atoms with Gasteiger partial charge in [-0.05, 0) is 45.2 Å². The van der Waals surface area contributed by atoms with Crippen LogP contribution in [0.1, 0.15) is 69.8 Å². The summed E-state index contributed by atoms with van der Waals surface area (Å²) < 4.78 is 5.11. The second kappa shape index (κ2) is 8.34. The Balaban J connectivity index is 2.33. The average Bonchev–Trinajstić information content (AvgIpc) is 2.71. The number of hydrogen-bond acceptors (Lipinski definition) is 4. The number of benzene rings is 2. The number of carbonyl (C=O) groups excluding carboxylic acids is 2. The molecule has 0 saturated heterocycles. The largest absolute Gasteiger partial charge is 0.507 e. The predicted octanol–water partition coefficient (Wildman–Crippen LogP) is 4.93. The lowest BCUT2D eigenvalue weighted by atomic mass is 9.77. The van der Waals surface area contributed by atoms with E-state index in [1.807, 2.05) is 84.0 Å². The minimum Gasteiger partial charge on any atom is -0.507 e. The zero-order chi connectivity index (χ0) is 23.8. The number of nitrogens with one attached hydrogen (secondary N) is 2. The standard InChI is InChI=1S/C26H32N2O4/c1-25(2,3)17-13-16(14-18(22(17)29)26(4,5)6)21-19(23(30)32-7)20(27-24(31)28-21)15-11-9-8-10-12-15/h8-14,21,29H,1-7H3,(H2,27,28,31). The van der Waals surface area contributed by atoms with Gasteiger partial charge in [0, 0.05) is 0 Å². The first kappa shape index (κ1) is 23.4. The molecule has 1 aliphatic rings. The van der Waals surface area contributed by atoms with Crippen LogP contribution in [0.4, 0.5) is 4.79 Å². The third-order valence-electron chi connectivity index (χ3n) is 5.62. The number of rotatable bonds is 3. The van der Waals surface area contributed by atoms with Gasteiger partial charge in [0.25, 0.3) is 0 Å². The average molecular weight is 437 g/mol. The Bertz CT molecular complexity index is 1040. The molecule has 3 rings (SSSR count). The van der Waals surface area contributed by atoms with E-state index >= 15 is 0 Å². The molecule has 6 heteroatoms. The van der Waals surface area contributed by atoms with E-state index in [-0.39, 0.29) is 16.6 Å². The van der Waals surface area contributed by atoms with Gasteiger partial charge in [0.15, 0.2) is 0 Å². The van der Waals surface area contributed by atoms with Gasteiger partial charge in [0.1, 0.15) is 5.75 Å². The molecule has 32 heavy (non-hydrogen) atoms. The molecule has 2 amide bonds. The number of urea groups is 1. The first-order chi connectivity index (χ1) is 14.8. The summed E-state index contributed by atoms with van der Waals surface area (Å²) in [7, 11) is 1.32. The topological polar surface area (TPSA) is 87.7 Å². The molecule has 170 valence electrons. The monoisotopic (exact) mass is 436 g/mol. The second-order valence-electron chi connectivity index (χ2n) is 10.1. The highest BCUT2D eigenvalue weighted by atomic mass is 16.5. The fourth-order valence-corrected chi connectivity index (χ4v) is 3.94. The molecule has 0 spiro atoms. The minimum absolute atomic E-state index is 0.237. The molecule has 2 aromatic carbocycles. The van der Waals surface area contributed by atoms with E-state index in [9.17, 15) is 14.7 Å². The molecular formula is C26H32N2O4. The third kappa shape index (κ3) is 4.49. The van der Waals surface area contributed by atoms with Gasteiger partial charge in [-0.1, -0.05) is 71.9 Å². The maximum Gasteiger partial charge on any atom is 0.338 e. The van der Waals surface area contributed by atoms with Crippen molar-refractivity contribution >= 4 is 17.7 Å². The number of esters is 1. The molecule has 0 saturated carbocycles. The number of phenols is 1. The highest BCUT2D eigenvalue weighted by Gasteiger charge is 2.36. The molecular weight excluding hydrogens is 404 g/mol. The molecule has 1 atom stereocenters. The van der Waals surface area contributed by atoms with Crippen LogP contribution >= 0.6 is 0 Å². The number of carbonyl (C=O) groups is 2. The van der Waals surface area contributed by atoms with Gasteiger partial charge in [0.2, 0.25) is 0 Å². The minimum atomic E-state index is -0.741. The number of aromatic hydroxyl groups is 1. The Morgan fingerprint density at radius 1 is 0.969 bits per heavy atom. The predicted molar refractivity (Wildman–Crippen MR) is 125 cm³/mol. The zero-order valence-electron chi connectivity index (χ0n) is 19.8. The highest BCUT2D eigenvalue weighted by Crippen LogP contribution is 2.42. The van der Waals surface area contributed by atoms with Crippen molar-refractivity contribution in [1.82, 2.24) is 10.6 Å². The molecule has 6 nitrogen and oxygen atoms in total. The van der Waals surface area contributed by atoms with Crippen molar-refractivity contribution in [3.05, 3.63) is 70.3 Å². The Hall–Kier alpha value is -3.28. The summed E-state index contributed by atoms with van der Waals surface area (Å²) in [4.78, 5) is 25.6. The third-order valence-corrected chi connectivity index (χ3v) is 5.62. The van der Waals surface area contributed by atoms with E-state index in [0.29, 0.717) is 22.4 Å². The summed E-state index contributed by atoms with van der Waals surface area (Å²) >= 11 is 0. The van der Waals surface area contributed by atoms with Crippen molar-refractivity contribution in [2.24, 2.45) is 0 Å². The normalized spacial score (nSPS) is 17.0. The first-order valence-electron chi connectivity index (χ1n) is 10.7. The van der Waals surface area contributed by atoms with Gasteiger partial charge >= 0.3 is 12.0 Å². The van der Waals surface area contributed by atoms with E-state index in [1.165, 1.54) is 7.11 Å². The summed E-state index contributed by atoms with van der Waals surface area (Å²) in [6.45, 7) is 12.1. The molecule has 0 bridgehead atoms. The Labute approximate surface area is 189 Å². The van der Waals surface area contributed by atoms with Crippen molar-refractivity contribution in [2.75, 3.05) is 7.11 Å². The molecule has 0 fully saturated rings. The van der Waals surface area contributed by atoms with E-state index in [1.54, 1.807) is 0 Å². The molecule has 0 aromatic heterocycles. The van der Waals surface area contributed by atoms with Crippen LogP contribution in [0.15, 0.2) is 48.0 Å². The molecule has 1 aliphatic heterocycles. The summed E-state index contributed by atoms with van der Waals surface area (Å²) in [6.07, 6.45) is 0. The number of ether oxygens (including phenoxy) is 1. The summed E-state index contributed by atoms with van der Waals surface area (Å²) in [5.74, 6) is -0.301. The van der Waals surface area contributed by atoms with E-state index in [2.05, 4.69) is 10.6 Å². The van der Waals surface area contributed by atoms with Crippen LogP contribution in [0, 0.1) is 0 Å². The lowest BCUT2D eigenvalue weighted by molar-refractivity contribution is -0.136. The highest BCUT2D eigenvalue weighted by molar-refractivity contribution is 6.04. The lowest BCUT2D eigenvalue weighted by Crippen LogP contribution is -2.45. The molecule has 1 unspecified atom stereocenters. The van der Waals surface area contributed by atoms with Gasteiger partial charge in [0.05, 0.1) is 24.4 Å². The molecule has 0 radical (unpaired) electrons. The van der Waals surface area contributed by atoms with Gasteiger partial charge in [-0.25, -0.2) is 9.59 Å².